The molecule has 4 aromatic heterocycles. The van der Waals surface area contributed by atoms with Crippen LogP contribution in [0.1, 0.15) is 154 Å². The van der Waals surface area contributed by atoms with E-state index in [1.807, 2.05) is 134 Å². The number of aryl methyl sites for hydroxylation is 4. The number of aromatic amines is 1. The minimum atomic E-state index is -4.04. The average molecular weight is 1670 g/mol. The number of aromatic nitrogens is 6. The molecule has 0 bridgehead atoms. The average Bonchev–Trinajstić information content (AvgIpc) is 1.79. The summed E-state index contributed by atoms with van der Waals surface area (Å²) in [5.74, 6) is 0.189. The second kappa shape index (κ2) is 40.0. The number of benzene rings is 9. The summed E-state index contributed by atoms with van der Waals surface area (Å²) in [6.45, 7) is 5.93. The van der Waals surface area contributed by atoms with Gasteiger partial charge in [-0.1, -0.05) is 139 Å². The molecule has 4 heterocycles. The van der Waals surface area contributed by atoms with Gasteiger partial charge in [-0.05, 0) is 256 Å². The molecule has 13 aromatic rings. The summed E-state index contributed by atoms with van der Waals surface area (Å²) >= 11 is 8.01. The first-order valence-electron chi connectivity index (χ1n) is 39.1. The van der Waals surface area contributed by atoms with Crippen LogP contribution in [0.3, 0.4) is 0 Å². The predicted molar refractivity (Wildman–Crippen MR) is 460 cm³/mol. The Balaban J connectivity index is 0.000000164. The molecule has 606 valence electrons. The van der Waals surface area contributed by atoms with Gasteiger partial charge in [0.2, 0.25) is 5.82 Å². The van der Waals surface area contributed by atoms with Crippen molar-refractivity contribution in [1.82, 2.24) is 34.9 Å². The zero-order chi connectivity index (χ0) is 82.9. The van der Waals surface area contributed by atoms with Gasteiger partial charge in [0.1, 0.15) is 17.6 Å². The van der Waals surface area contributed by atoms with E-state index in [9.17, 15) is 42.6 Å². The Morgan fingerprint density at radius 1 is 0.773 bits per heavy atom. The number of unbranched alkanes of at least 4 members (excludes halogenated alkanes) is 1. The molecule has 9 aromatic carbocycles. The molecule has 1 atom stereocenters. The molecule has 3 amide bonds. The topological polar surface area (TPSA) is 312 Å². The van der Waals surface area contributed by atoms with Crippen LogP contribution >= 0.6 is 23.4 Å². The van der Waals surface area contributed by atoms with E-state index in [2.05, 4.69) is 84.5 Å². The Kier molecular flexibility index (Phi) is 29.3. The van der Waals surface area contributed by atoms with Gasteiger partial charge in [0.15, 0.2) is 16.8 Å². The minimum absolute atomic E-state index is 0. The Hall–Kier alpha value is -11.2. The third-order valence-corrected chi connectivity index (χ3v) is 24.3. The fourth-order valence-corrected chi connectivity index (χ4v) is 17.4. The first-order chi connectivity index (χ1) is 56.9. The molecule has 22 nitrogen and oxygen atoms in total. The Bertz CT molecular complexity index is 5970. The number of pyridine rings is 1. The van der Waals surface area contributed by atoms with Gasteiger partial charge in [0.05, 0.1) is 46.5 Å². The Labute approximate surface area is 721 Å². The van der Waals surface area contributed by atoms with Crippen LogP contribution in [0.2, 0.25) is 5.02 Å². The van der Waals surface area contributed by atoms with E-state index in [0.717, 1.165) is 132 Å². The quantitative estimate of drug-likeness (QED) is 0.0215. The largest absolute Gasteiger partial charge is 1.00 e. The van der Waals surface area contributed by atoms with E-state index in [0.29, 0.717) is 57.4 Å². The van der Waals surface area contributed by atoms with E-state index in [1.54, 1.807) is 79.7 Å². The van der Waals surface area contributed by atoms with Gasteiger partial charge in [-0.2, -0.15) is 17.0 Å². The fourth-order valence-electron chi connectivity index (χ4n) is 14.5. The van der Waals surface area contributed by atoms with E-state index in [4.69, 9.17) is 35.2 Å². The molecule has 0 unspecified atom stereocenters. The molecule has 0 spiro atoms. The zero-order valence-electron chi connectivity index (χ0n) is 67.1. The number of thioether (sulfide) groups is 1. The van der Waals surface area contributed by atoms with Crippen molar-refractivity contribution in [2.75, 3.05) is 30.1 Å². The van der Waals surface area contributed by atoms with Crippen molar-refractivity contribution in [3.8, 4) is 23.1 Å². The normalized spacial score (nSPS) is 13.3. The summed E-state index contributed by atoms with van der Waals surface area (Å²) in [5.41, 5.74) is 11.3. The van der Waals surface area contributed by atoms with Gasteiger partial charge in [-0.15, -0.1) is 10.2 Å². The number of fused-ring (bicyclic) bond motifs is 3. The number of H-pyrrole nitrogens is 1. The standard InChI is InChI=1S/C35H36ClNO3S.C31H33N3O6S.C27H23N5O4.Na/c1-34(2,40)30-9-4-3-7-25(30)13-17-32(41-23-35(18-19-35)22-33(38)39)27-8-5-6-24(20-27)10-15-29-16-12-26-11-14-28(36)21-31(26)37-29;1-20-8-4-7-11-29(20)41(37,38)33-30(35)22-13-12-21(28(17-22)39-3)16-23-19-34(2)27-15-14-24(18-26(23)27)32-31(36)40-25-9-5-6-10-25;33-23-17-24(26-29-31-32-30-26)36-25-21(23)10-6-11-22(25)28-27(34)19-12-14-20(15-13-19)35-16-5-4-9-18-7-2-1-3-8-18;/h3-12,14-16,20-21,32,40H,13,17-19,22-23H2,1-2H3,(H,38,39);4,7-8,11-15,17-19,25H,5-6,9-10,16H2,1-3H3,(H,32,36)(H,33,35);1-3,6-8,10-15,17H,4-5,9,16H2,(H,28,34)(H,29,30,31,32);/q;;;+1/p-1/b15-10+;;;/t32-;;;/m1.../s1. The van der Waals surface area contributed by atoms with Crippen molar-refractivity contribution in [1.29, 1.82) is 0 Å². The van der Waals surface area contributed by atoms with Crippen molar-refractivity contribution in [2.45, 2.75) is 126 Å². The molecule has 2 aliphatic rings. The second-order valence-electron chi connectivity index (χ2n) is 30.2. The smallest absolute Gasteiger partial charge is 0.550 e. The molecule has 5 N–H and O–H groups in total. The van der Waals surface area contributed by atoms with Gasteiger partial charge >= 0.3 is 35.7 Å². The number of nitrogens with one attached hydrogen (secondary N) is 4. The molecular weight excluding hydrogens is 1570 g/mol. The summed E-state index contributed by atoms with van der Waals surface area (Å²) < 4.78 is 52.6. The number of hydrogen-bond acceptors (Lipinski definition) is 18. The van der Waals surface area contributed by atoms with Crippen LogP contribution in [0.25, 0.3) is 56.5 Å². The van der Waals surface area contributed by atoms with Crippen LogP contribution in [-0.2, 0) is 51.5 Å². The van der Waals surface area contributed by atoms with E-state index < -0.39 is 33.6 Å². The summed E-state index contributed by atoms with van der Waals surface area (Å²) in [6.07, 6.45) is 16.8. The molecule has 26 heteroatoms. The number of rotatable bonds is 29. The van der Waals surface area contributed by atoms with Crippen LogP contribution in [0.5, 0.6) is 11.5 Å². The van der Waals surface area contributed by atoms with Gasteiger partial charge in [-0.25, -0.2) is 22.9 Å². The number of halogens is 1. The fraction of sp³-hybridized carbons (Fsp3) is 0.258. The van der Waals surface area contributed by atoms with E-state index >= 15 is 0 Å². The van der Waals surface area contributed by atoms with Gasteiger partial charge < -0.3 is 43.5 Å². The van der Waals surface area contributed by atoms with Crippen LogP contribution in [0, 0.1) is 12.3 Å². The van der Waals surface area contributed by atoms with Crippen molar-refractivity contribution < 1.29 is 86.0 Å². The first kappa shape index (κ1) is 87.1. The molecule has 119 heavy (non-hydrogen) atoms. The van der Waals surface area contributed by atoms with Crippen molar-refractivity contribution in [2.24, 2.45) is 12.5 Å². The van der Waals surface area contributed by atoms with Crippen LogP contribution < -0.4 is 64.9 Å². The number of aliphatic carboxylic acids is 1. The second-order valence-corrected chi connectivity index (χ2v) is 33.5. The van der Waals surface area contributed by atoms with E-state index in [-0.39, 0.29) is 91.7 Å². The number of carboxylic acids is 1. The number of ether oxygens (including phenoxy) is 3. The number of methoxy groups -OCH3 is 1. The Morgan fingerprint density at radius 3 is 2.27 bits per heavy atom. The molecule has 2 fully saturated rings. The zero-order valence-corrected chi connectivity index (χ0v) is 71.4. The number of hydrogen-bond donors (Lipinski definition) is 5. The SMILES string of the molecule is CC(C)(O)c1ccccc1CC[C@@H](SCC1(CC(=O)[O-])CC1)c1cccc(/C=C/c2ccc3ccc(Cl)cc3n2)c1.COc1cc(C(=O)NS(=O)(=O)c2ccccc2C)ccc1Cc1cn(C)c2ccc(NC(=O)OC3CCCC3)cc12.O=C(Nc1cccc2c(=O)cc(-c3nn[nH]n3)oc12)c1ccc(OCCCCc2ccccc2)cc1.[Na+]. The number of nitrogens with zero attached hydrogens (tertiary/aromatic N) is 5. The summed E-state index contributed by atoms with van der Waals surface area (Å²) in [7, 11) is -0.583. The van der Waals surface area contributed by atoms with Gasteiger partial charge in [-0.3, -0.25) is 19.7 Å². The number of amides is 3. The predicted octanol–water partition coefficient (Wildman–Crippen LogP) is 14.9. The molecule has 2 aliphatic carbocycles. The van der Waals surface area contributed by atoms with Gasteiger partial charge in [0.25, 0.3) is 21.8 Å². The molecule has 2 saturated carbocycles. The van der Waals surface area contributed by atoms with Crippen LogP contribution in [-0.4, -0.2) is 93.1 Å². The number of carbonyl (C=O) groups excluding carboxylic acids is 4. The number of carbonyl (C=O) groups is 4. The van der Waals surface area contributed by atoms with Crippen molar-refractivity contribution in [3.63, 3.8) is 0 Å². The number of carboxylic acid groups (broad SMARTS) is 1. The van der Waals surface area contributed by atoms with Crippen molar-refractivity contribution in [3.05, 3.63) is 301 Å². The van der Waals surface area contributed by atoms with Gasteiger partial charge in [0, 0.05) is 75.1 Å². The summed E-state index contributed by atoms with van der Waals surface area (Å²) in [4.78, 5) is 66.9. The monoisotopic (exact) mass is 1660 g/mol. The molecule has 15 rings (SSSR count). The Morgan fingerprint density at radius 2 is 1.52 bits per heavy atom. The molecule has 0 radical (unpaired) electrons. The maximum absolute atomic E-state index is 12.9. The summed E-state index contributed by atoms with van der Waals surface area (Å²) in [5, 5.41) is 44.5. The van der Waals surface area contributed by atoms with Crippen LogP contribution in [0.4, 0.5) is 16.2 Å². The third-order valence-electron chi connectivity index (χ3n) is 20.9. The van der Waals surface area contributed by atoms with E-state index in [1.165, 1.54) is 36.4 Å². The number of para-hydroxylation sites is 1. The third kappa shape index (κ3) is 23.4. The van der Waals surface area contributed by atoms with Crippen molar-refractivity contribution >= 4 is 114 Å². The maximum Gasteiger partial charge on any atom is 1.00 e. The molecule has 0 aliphatic heterocycles. The number of sulfonamides is 1. The summed E-state index contributed by atoms with van der Waals surface area (Å²) in [6, 6.07) is 67.0. The number of tetrazole rings is 1. The number of aliphatic hydroxyl groups is 1. The molecule has 0 saturated heterocycles. The van der Waals surface area contributed by atoms with Crippen LogP contribution in [0.15, 0.2) is 239 Å². The first-order valence-corrected chi connectivity index (χ1v) is 42.0. The minimum Gasteiger partial charge on any atom is -0.550 e. The molecular formula is C93H91ClN9NaO13S2. The number of anilines is 2. The maximum atomic E-state index is 12.9.